The second-order valence-electron chi connectivity index (χ2n) is 5.05. The van der Waals surface area contributed by atoms with E-state index in [1.807, 2.05) is 18.7 Å². The van der Waals surface area contributed by atoms with E-state index < -0.39 is 0 Å². The Morgan fingerprint density at radius 3 is 2.33 bits per heavy atom. The Morgan fingerprint density at radius 1 is 1.19 bits per heavy atom. The zero-order valence-corrected chi connectivity index (χ0v) is 13.6. The molecule has 0 aliphatic carbocycles. The van der Waals surface area contributed by atoms with Crippen LogP contribution < -0.4 is 15.0 Å². The smallest absolute Gasteiger partial charge is 0.323 e. The van der Waals surface area contributed by atoms with Gasteiger partial charge in [0.2, 0.25) is 11.9 Å². The highest BCUT2D eigenvalue weighted by Gasteiger charge is 2.20. The van der Waals surface area contributed by atoms with Gasteiger partial charge in [-0.2, -0.15) is 15.0 Å². The minimum Gasteiger partial charge on any atom is -0.461 e. The zero-order chi connectivity index (χ0) is 15.8. The third-order valence-electron chi connectivity index (χ3n) is 3.15. The van der Waals surface area contributed by atoms with E-state index >= 15 is 0 Å². The van der Waals surface area contributed by atoms with Gasteiger partial charge in [0, 0.05) is 19.6 Å². The topological polar surface area (TPSA) is 83.4 Å². The van der Waals surface area contributed by atoms with Crippen molar-refractivity contribution in [2.24, 2.45) is 0 Å². The molecular weight excluding hydrogens is 270 g/mol. The van der Waals surface area contributed by atoms with Crippen LogP contribution in [0.4, 0.5) is 11.9 Å². The molecule has 1 rings (SSSR count). The number of aliphatic hydroxyl groups excluding tert-OH is 1. The number of anilines is 2. The van der Waals surface area contributed by atoms with Crippen LogP contribution in [0.1, 0.15) is 40.5 Å². The SMILES string of the molecule is CCC(CC)N(CCO)c1nc(NC)nc(OC(C)C)n1. The lowest BCUT2D eigenvalue weighted by Crippen LogP contribution is -2.38. The molecule has 120 valence electrons. The van der Waals surface area contributed by atoms with Crippen LogP contribution in [0, 0.1) is 0 Å². The first kappa shape index (κ1) is 17.4. The minimum absolute atomic E-state index is 0.00982. The van der Waals surface area contributed by atoms with Crippen molar-refractivity contribution < 1.29 is 9.84 Å². The molecule has 0 unspecified atom stereocenters. The second-order valence-corrected chi connectivity index (χ2v) is 5.05. The summed E-state index contributed by atoms with van der Waals surface area (Å²) in [7, 11) is 1.76. The van der Waals surface area contributed by atoms with Crippen LogP contribution in [0.3, 0.4) is 0 Å². The van der Waals surface area contributed by atoms with E-state index in [0.717, 1.165) is 12.8 Å². The van der Waals surface area contributed by atoms with Crippen LogP contribution in [0.15, 0.2) is 0 Å². The average molecular weight is 297 g/mol. The summed E-state index contributed by atoms with van der Waals surface area (Å²) in [6.07, 6.45) is 1.90. The zero-order valence-electron chi connectivity index (χ0n) is 13.6. The number of rotatable bonds is 9. The third-order valence-corrected chi connectivity index (χ3v) is 3.15. The Hall–Kier alpha value is -1.63. The predicted octanol–water partition coefficient (Wildman–Crippen LogP) is 1.69. The molecule has 0 aliphatic rings. The summed E-state index contributed by atoms with van der Waals surface area (Å²) in [5.74, 6) is 0.997. The van der Waals surface area contributed by atoms with E-state index in [1.54, 1.807) is 7.05 Å². The molecule has 0 aliphatic heterocycles. The molecule has 0 atom stereocenters. The van der Waals surface area contributed by atoms with Crippen LogP contribution in [0.25, 0.3) is 0 Å². The average Bonchev–Trinajstić information content (AvgIpc) is 2.46. The number of nitrogens with zero attached hydrogens (tertiary/aromatic N) is 4. The lowest BCUT2D eigenvalue weighted by molar-refractivity contribution is 0.221. The van der Waals surface area contributed by atoms with Crippen molar-refractivity contribution in [3.05, 3.63) is 0 Å². The number of aliphatic hydroxyl groups is 1. The van der Waals surface area contributed by atoms with Crippen molar-refractivity contribution >= 4 is 11.9 Å². The van der Waals surface area contributed by atoms with Gasteiger partial charge in [-0.25, -0.2) is 0 Å². The first-order valence-electron chi connectivity index (χ1n) is 7.53. The Labute approximate surface area is 126 Å². The van der Waals surface area contributed by atoms with Gasteiger partial charge in [-0.05, 0) is 26.7 Å². The highest BCUT2D eigenvalue weighted by molar-refractivity contribution is 5.39. The van der Waals surface area contributed by atoms with Crippen LogP contribution in [-0.4, -0.2) is 52.4 Å². The van der Waals surface area contributed by atoms with Gasteiger partial charge in [0.05, 0.1) is 12.7 Å². The molecule has 0 radical (unpaired) electrons. The molecule has 7 heteroatoms. The Balaban J connectivity index is 3.15. The summed E-state index contributed by atoms with van der Waals surface area (Å²) in [4.78, 5) is 15.0. The van der Waals surface area contributed by atoms with Crippen molar-refractivity contribution in [1.82, 2.24) is 15.0 Å². The normalized spacial score (nSPS) is 11.0. The summed E-state index contributed by atoms with van der Waals surface area (Å²) < 4.78 is 5.58. The largest absolute Gasteiger partial charge is 0.461 e. The molecular formula is C14H27N5O2. The molecule has 1 aromatic rings. The fourth-order valence-corrected chi connectivity index (χ4v) is 2.13. The quantitative estimate of drug-likeness (QED) is 0.717. The van der Waals surface area contributed by atoms with Gasteiger partial charge in [-0.1, -0.05) is 13.8 Å². The molecule has 0 amide bonds. The summed E-state index contributed by atoms with van der Waals surface area (Å²) in [6, 6.07) is 0.574. The Kier molecular flexibility index (Phi) is 7.14. The van der Waals surface area contributed by atoms with Gasteiger partial charge in [0.1, 0.15) is 0 Å². The van der Waals surface area contributed by atoms with Gasteiger partial charge in [-0.3, -0.25) is 0 Å². The maximum absolute atomic E-state index is 9.32. The molecule has 1 aromatic heterocycles. The van der Waals surface area contributed by atoms with Crippen LogP contribution in [0.5, 0.6) is 6.01 Å². The first-order valence-corrected chi connectivity index (χ1v) is 7.53. The van der Waals surface area contributed by atoms with E-state index in [1.165, 1.54) is 0 Å². The molecule has 0 aromatic carbocycles. The molecule has 0 saturated heterocycles. The summed E-state index contributed by atoms with van der Waals surface area (Å²) in [5, 5.41) is 12.2. The van der Waals surface area contributed by atoms with E-state index in [9.17, 15) is 5.11 Å². The Bertz CT molecular complexity index is 424. The second kappa shape index (κ2) is 8.61. The molecule has 0 fully saturated rings. The van der Waals surface area contributed by atoms with Gasteiger partial charge < -0.3 is 20.1 Å². The van der Waals surface area contributed by atoms with Crippen molar-refractivity contribution in [1.29, 1.82) is 0 Å². The molecule has 21 heavy (non-hydrogen) atoms. The van der Waals surface area contributed by atoms with Crippen LogP contribution in [-0.2, 0) is 0 Å². The van der Waals surface area contributed by atoms with Gasteiger partial charge in [0.15, 0.2) is 0 Å². The number of nitrogens with one attached hydrogen (secondary N) is 1. The van der Waals surface area contributed by atoms with Gasteiger partial charge >= 0.3 is 6.01 Å². The molecule has 0 saturated carbocycles. The van der Waals surface area contributed by atoms with Crippen molar-refractivity contribution in [2.45, 2.75) is 52.7 Å². The predicted molar refractivity (Wildman–Crippen MR) is 83.9 cm³/mol. The molecule has 0 spiro atoms. The van der Waals surface area contributed by atoms with E-state index in [0.29, 0.717) is 24.5 Å². The van der Waals surface area contributed by atoms with Crippen LogP contribution in [0.2, 0.25) is 0 Å². The van der Waals surface area contributed by atoms with Crippen LogP contribution >= 0.6 is 0 Å². The van der Waals surface area contributed by atoms with E-state index in [2.05, 4.69) is 34.1 Å². The number of hydrogen-bond acceptors (Lipinski definition) is 7. The van der Waals surface area contributed by atoms with Crippen molar-refractivity contribution in [2.75, 3.05) is 30.4 Å². The summed E-state index contributed by atoms with van der Waals surface area (Å²) >= 11 is 0. The number of aromatic nitrogens is 3. The van der Waals surface area contributed by atoms with E-state index in [-0.39, 0.29) is 18.8 Å². The minimum atomic E-state index is -0.00982. The fraction of sp³-hybridized carbons (Fsp3) is 0.786. The summed E-state index contributed by atoms with van der Waals surface area (Å²) in [5.41, 5.74) is 0. The van der Waals surface area contributed by atoms with Gasteiger partial charge in [0.25, 0.3) is 0 Å². The maximum atomic E-state index is 9.32. The van der Waals surface area contributed by atoms with E-state index in [4.69, 9.17) is 4.74 Å². The fourth-order valence-electron chi connectivity index (χ4n) is 2.13. The molecule has 7 nitrogen and oxygen atoms in total. The number of hydrogen-bond donors (Lipinski definition) is 2. The number of ether oxygens (including phenoxy) is 1. The first-order chi connectivity index (χ1) is 10.0. The monoisotopic (exact) mass is 297 g/mol. The van der Waals surface area contributed by atoms with Crippen molar-refractivity contribution in [3.63, 3.8) is 0 Å². The van der Waals surface area contributed by atoms with Crippen molar-refractivity contribution in [3.8, 4) is 6.01 Å². The maximum Gasteiger partial charge on any atom is 0.323 e. The summed E-state index contributed by atoms with van der Waals surface area (Å²) in [6.45, 7) is 8.62. The highest BCUT2D eigenvalue weighted by atomic mass is 16.5. The van der Waals surface area contributed by atoms with Gasteiger partial charge in [-0.15, -0.1) is 0 Å². The lowest BCUT2D eigenvalue weighted by Gasteiger charge is -2.30. The molecule has 1 heterocycles. The standard InChI is InChI=1S/C14H27N5O2/c1-6-11(7-2)19(8-9-20)13-16-12(15-5)17-14(18-13)21-10(3)4/h10-11,20H,6-9H2,1-5H3,(H,15,16,17,18). The third kappa shape index (κ3) is 5.00. The Morgan fingerprint density at radius 2 is 1.86 bits per heavy atom. The highest BCUT2D eigenvalue weighted by Crippen LogP contribution is 2.20. The molecule has 2 N–H and O–H groups in total. The molecule has 0 bridgehead atoms. The lowest BCUT2D eigenvalue weighted by atomic mass is 10.1.